The molecule has 154 valence electrons. The summed E-state index contributed by atoms with van der Waals surface area (Å²) in [5.41, 5.74) is 3.74. The number of fused-ring (bicyclic) bond motifs is 1. The van der Waals surface area contributed by atoms with Gasteiger partial charge in [0.05, 0.1) is 23.8 Å². The summed E-state index contributed by atoms with van der Waals surface area (Å²) in [6, 6.07) is 4.98. The Morgan fingerprint density at radius 1 is 1.14 bits per heavy atom. The predicted molar refractivity (Wildman–Crippen MR) is 109 cm³/mol. The van der Waals surface area contributed by atoms with Crippen molar-refractivity contribution in [2.75, 3.05) is 26.2 Å². The van der Waals surface area contributed by atoms with Crippen molar-refractivity contribution in [3.05, 3.63) is 35.2 Å². The molecule has 0 saturated carbocycles. The number of aryl methyl sites for hydroxylation is 2. The van der Waals surface area contributed by atoms with E-state index in [1.165, 1.54) is 4.31 Å². The molecule has 0 N–H and O–H groups in total. The van der Waals surface area contributed by atoms with Gasteiger partial charge in [0.25, 0.3) is 0 Å². The minimum absolute atomic E-state index is 0.00736. The van der Waals surface area contributed by atoms with E-state index in [-0.39, 0.29) is 30.3 Å². The first-order chi connectivity index (χ1) is 13.8. The second-order valence-electron chi connectivity index (χ2n) is 7.12. The van der Waals surface area contributed by atoms with Crippen LogP contribution in [0.25, 0.3) is 11.0 Å². The molecule has 0 atom stereocenters. The van der Waals surface area contributed by atoms with E-state index in [4.69, 9.17) is 0 Å². The van der Waals surface area contributed by atoms with Crippen molar-refractivity contribution in [2.45, 2.75) is 25.2 Å². The van der Waals surface area contributed by atoms with E-state index < -0.39 is 10.0 Å². The van der Waals surface area contributed by atoms with Gasteiger partial charge in [0, 0.05) is 44.5 Å². The third-order valence-electron chi connectivity index (χ3n) is 5.45. The van der Waals surface area contributed by atoms with Crippen molar-refractivity contribution in [1.29, 1.82) is 0 Å². The molecule has 0 unspecified atom stereocenters. The molecule has 0 bridgehead atoms. The Bertz CT molecular complexity index is 1180. The lowest BCUT2D eigenvalue weighted by atomic mass is 10.1. The number of rotatable bonds is 4. The molecule has 0 spiro atoms. The lowest BCUT2D eigenvalue weighted by molar-refractivity contribution is -0.131. The third kappa shape index (κ3) is 3.53. The van der Waals surface area contributed by atoms with Crippen LogP contribution in [0, 0.1) is 13.8 Å². The van der Waals surface area contributed by atoms with Crippen molar-refractivity contribution >= 4 is 38.7 Å². The monoisotopic (exact) mass is 434 g/mol. The lowest BCUT2D eigenvalue weighted by Gasteiger charge is -2.34. The number of aromatic nitrogens is 4. The van der Waals surface area contributed by atoms with Gasteiger partial charge in [-0.2, -0.15) is 18.2 Å². The first-order valence-electron chi connectivity index (χ1n) is 9.27. The number of sulfonamides is 1. The van der Waals surface area contributed by atoms with Gasteiger partial charge in [-0.25, -0.2) is 8.42 Å². The number of hydrogen-bond acceptors (Lipinski definition) is 7. The number of carbonyl (C=O) groups excluding carboxylic acids is 1. The van der Waals surface area contributed by atoms with Crippen LogP contribution in [0.5, 0.6) is 0 Å². The third-order valence-corrected chi connectivity index (χ3v) is 7.92. The number of nitrogens with zero attached hydrogens (tertiary/aromatic N) is 6. The van der Waals surface area contributed by atoms with Crippen LogP contribution >= 0.6 is 11.7 Å². The number of benzene rings is 1. The molecule has 1 fully saturated rings. The van der Waals surface area contributed by atoms with E-state index in [9.17, 15) is 13.2 Å². The van der Waals surface area contributed by atoms with Crippen molar-refractivity contribution < 1.29 is 13.2 Å². The van der Waals surface area contributed by atoms with Crippen LogP contribution in [-0.4, -0.2) is 68.2 Å². The second kappa shape index (κ2) is 7.47. The Hall–Kier alpha value is -2.37. The Kier molecular flexibility index (Phi) is 5.13. The maximum atomic E-state index is 13.1. The molecule has 1 aliphatic heterocycles. The molecule has 1 saturated heterocycles. The summed E-state index contributed by atoms with van der Waals surface area (Å²) >= 11 is 0.996. The SMILES string of the molecule is Cc1nn(C)c(C)c1CC(=O)N1CCN(S(=O)(=O)c2cccc3nsnc23)CC1. The van der Waals surface area contributed by atoms with Crippen LogP contribution < -0.4 is 0 Å². The molecule has 11 heteroatoms. The topological polar surface area (TPSA) is 101 Å². The second-order valence-corrected chi connectivity index (χ2v) is 9.56. The Morgan fingerprint density at radius 3 is 2.52 bits per heavy atom. The van der Waals surface area contributed by atoms with E-state index in [1.807, 2.05) is 20.9 Å². The Morgan fingerprint density at radius 2 is 1.86 bits per heavy atom. The van der Waals surface area contributed by atoms with Crippen LogP contribution in [0.1, 0.15) is 17.0 Å². The molecular formula is C18H22N6O3S2. The highest BCUT2D eigenvalue weighted by atomic mass is 32.2. The molecule has 0 aliphatic carbocycles. The maximum Gasteiger partial charge on any atom is 0.245 e. The van der Waals surface area contributed by atoms with E-state index in [2.05, 4.69) is 13.8 Å². The molecule has 0 radical (unpaired) electrons. The molecule has 2 aromatic heterocycles. The molecule has 3 aromatic rings. The normalized spacial score (nSPS) is 15.9. The maximum absolute atomic E-state index is 13.1. The van der Waals surface area contributed by atoms with Gasteiger partial charge >= 0.3 is 0 Å². The fraction of sp³-hybridized carbons (Fsp3) is 0.444. The fourth-order valence-electron chi connectivity index (χ4n) is 3.64. The highest BCUT2D eigenvalue weighted by Crippen LogP contribution is 2.25. The summed E-state index contributed by atoms with van der Waals surface area (Å²) in [4.78, 5) is 14.6. The summed E-state index contributed by atoms with van der Waals surface area (Å²) in [6.45, 7) is 5.08. The van der Waals surface area contributed by atoms with Gasteiger partial charge in [-0.05, 0) is 26.0 Å². The van der Waals surface area contributed by atoms with E-state index >= 15 is 0 Å². The molecule has 1 aromatic carbocycles. The van der Waals surface area contributed by atoms with Gasteiger partial charge in [-0.1, -0.05) is 6.07 Å². The molecule has 9 nitrogen and oxygen atoms in total. The van der Waals surface area contributed by atoms with Crippen LogP contribution in [0.4, 0.5) is 0 Å². The van der Waals surface area contributed by atoms with E-state index in [0.29, 0.717) is 24.1 Å². The van der Waals surface area contributed by atoms with Gasteiger partial charge in [-0.3, -0.25) is 9.48 Å². The van der Waals surface area contributed by atoms with Gasteiger partial charge in [0.1, 0.15) is 15.9 Å². The summed E-state index contributed by atoms with van der Waals surface area (Å²) < 4.78 is 37.7. The molecule has 1 aliphatic rings. The standard InChI is InChI=1S/C18H22N6O3S2/c1-12-14(13(2)22(3)19-12)11-17(25)23-7-9-24(10-8-23)29(26,27)16-6-4-5-15-18(16)21-28-20-15/h4-6H,7-11H2,1-3H3. The van der Waals surface area contributed by atoms with Crippen molar-refractivity contribution in [3.8, 4) is 0 Å². The van der Waals surface area contributed by atoms with E-state index in [1.54, 1.807) is 27.8 Å². The number of carbonyl (C=O) groups is 1. The summed E-state index contributed by atoms with van der Waals surface area (Å²) in [6.07, 6.45) is 0.280. The molecule has 3 heterocycles. The lowest BCUT2D eigenvalue weighted by Crippen LogP contribution is -2.50. The van der Waals surface area contributed by atoms with Crippen LogP contribution in [0.3, 0.4) is 0 Å². The van der Waals surface area contributed by atoms with Crippen LogP contribution in [0.2, 0.25) is 0 Å². The largest absolute Gasteiger partial charge is 0.340 e. The minimum atomic E-state index is -3.69. The number of piperazine rings is 1. The summed E-state index contributed by atoms with van der Waals surface area (Å²) in [5.74, 6) is -0.00736. The molecule has 1 amide bonds. The average molecular weight is 435 g/mol. The summed E-state index contributed by atoms with van der Waals surface area (Å²) in [5, 5.41) is 4.36. The number of hydrogen-bond donors (Lipinski definition) is 0. The Labute approximate surface area is 173 Å². The minimum Gasteiger partial charge on any atom is -0.340 e. The van der Waals surface area contributed by atoms with Crippen LogP contribution in [-0.2, 0) is 28.3 Å². The fourth-order valence-corrected chi connectivity index (χ4v) is 5.82. The Balaban J connectivity index is 1.46. The quantitative estimate of drug-likeness (QED) is 0.610. The van der Waals surface area contributed by atoms with Crippen molar-refractivity contribution in [1.82, 2.24) is 27.7 Å². The zero-order valence-electron chi connectivity index (χ0n) is 16.5. The first kappa shape index (κ1) is 19.9. The smallest absolute Gasteiger partial charge is 0.245 e. The molecular weight excluding hydrogens is 412 g/mol. The van der Waals surface area contributed by atoms with E-state index in [0.717, 1.165) is 28.7 Å². The predicted octanol–water partition coefficient (Wildman–Crippen LogP) is 1.12. The summed E-state index contributed by atoms with van der Waals surface area (Å²) in [7, 11) is -1.83. The first-order valence-corrected chi connectivity index (χ1v) is 11.4. The highest BCUT2D eigenvalue weighted by molar-refractivity contribution is 7.89. The van der Waals surface area contributed by atoms with Crippen molar-refractivity contribution in [2.24, 2.45) is 7.05 Å². The van der Waals surface area contributed by atoms with Gasteiger partial charge in [-0.15, -0.1) is 0 Å². The van der Waals surface area contributed by atoms with Gasteiger partial charge in [0.2, 0.25) is 15.9 Å². The van der Waals surface area contributed by atoms with Gasteiger partial charge < -0.3 is 4.90 Å². The molecule has 29 heavy (non-hydrogen) atoms. The highest BCUT2D eigenvalue weighted by Gasteiger charge is 2.32. The zero-order chi connectivity index (χ0) is 20.8. The molecule has 4 rings (SSSR count). The van der Waals surface area contributed by atoms with Crippen molar-refractivity contribution in [3.63, 3.8) is 0 Å². The number of amides is 1. The van der Waals surface area contributed by atoms with Gasteiger partial charge in [0.15, 0.2) is 0 Å². The zero-order valence-corrected chi connectivity index (χ0v) is 18.1. The van der Waals surface area contributed by atoms with Crippen LogP contribution in [0.15, 0.2) is 23.1 Å². The average Bonchev–Trinajstić information content (AvgIpc) is 3.28.